The average molecular weight is 204 g/mol. The molecule has 4 heteroatoms. The highest BCUT2D eigenvalue weighted by Crippen LogP contribution is 2.10. The van der Waals surface area contributed by atoms with Crippen LogP contribution in [0.5, 0.6) is 0 Å². The Kier molecular flexibility index (Phi) is 5.66. The summed E-state index contributed by atoms with van der Waals surface area (Å²) in [5.74, 6) is 0. The summed E-state index contributed by atoms with van der Waals surface area (Å²) in [6, 6.07) is 4.16. The average Bonchev–Trinajstić information content (AvgIpc) is 2.14. The lowest BCUT2D eigenvalue weighted by atomic mass is 10.1. The lowest BCUT2D eigenvalue weighted by Gasteiger charge is -2.08. The molecule has 0 aromatic heterocycles. The van der Waals surface area contributed by atoms with E-state index in [0.717, 1.165) is 0 Å². The molecular formula is C11H16N4. The van der Waals surface area contributed by atoms with Crippen LogP contribution in [0.1, 0.15) is 6.42 Å². The second kappa shape index (κ2) is 6.50. The Morgan fingerprint density at radius 3 is 1.47 bits per heavy atom. The van der Waals surface area contributed by atoms with Crippen LogP contribution in [0.25, 0.3) is 0 Å². The molecule has 0 rings (SSSR count). The van der Waals surface area contributed by atoms with Gasteiger partial charge in [0.05, 0.1) is 23.3 Å². The van der Waals surface area contributed by atoms with Crippen molar-refractivity contribution < 1.29 is 0 Å². The fraction of sp³-hybridized carbons (Fsp3) is 0.455. The number of nitrogens with zero attached hydrogens (tertiary/aromatic N) is 4. The molecule has 0 amide bonds. The van der Waals surface area contributed by atoms with Gasteiger partial charge in [0.15, 0.2) is 0 Å². The molecule has 0 aliphatic rings. The predicted molar refractivity (Wildman–Crippen MR) is 59.4 cm³/mol. The van der Waals surface area contributed by atoms with Gasteiger partial charge in [-0.1, -0.05) is 0 Å². The number of hydrogen-bond acceptors (Lipinski definition) is 4. The lowest BCUT2D eigenvalue weighted by Crippen LogP contribution is -2.05. The molecule has 0 radical (unpaired) electrons. The maximum atomic E-state index is 8.86. The van der Waals surface area contributed by atoms with E-state index in [1.54, 1.807) is 22.2 Å². The van der Waals surface area contributed by atoms with Gasteiger partial charge in [0.25, 0.3) is 0 Å². The molecule has 0 saturated carbocycles. The zero-order valence-electron chi connectivity index (χ0n) is 9.65. The Labute approximate surface area is 91.3 Å². The molecule has 0 aromatic carbocycles. The second-order valence-electron chi connectivity index (χ2n) is 3.64. The monoisotopic (exact) mass is 204 g/mol. The van der Waals surface area contributed by atoms with E-state index < -0.39 is 0 Å². The minimum atomic E-state index is 0.378. The highest BCUT2D eigenvalue weighted by atomic mass is 15.0. The van der Waals surface area contributed by atoms with Crippen LogP contribution in [0.15, 0.2) is 23.5 Å². The summed E-state index contributed by atoms with van der Waals surface area (Å²) in [7, 11) is 7.39. The van der Waals surface area contributed by atoms with Gasteiger partial charge in [-0.05, 0) is 0 Å². The van der Waals surface area contributed by atoms with Crippen LogP contribution in [0.2, 0.25) is 0 Å². The highest BCUT2D eigenvalue weighted by molar-refractivity contribution is 5.32. The maximum Gasteiger partial charge on any atom is 0.0966 e. The Morgan fingerprint density at radius 2 is 1.27 bits per heavy atom. The predicted octanol–water partition coefficient (Wildman–Crippen LogP) is 1.31. The topological polar surface area (TPSA) is 54.1 Å². The molecule has 80 valence electrons. The minimum Gasteiger partial charge on any atom is -0.383 e. The van der Waals surface area contributed by atoms with E-state index in [9.17, 15) is 0 Å². The van der Waals surface area contributed by atoms with Gasteiger partial charge in [-0.15, -0.1) is 0 Å². The first-order chi connectivity index (χ1) is 6.99. The summed E-state index contributed by atoms with van der Waals surface area (Å²) in [6.07, 6.45) is 3.82. The Bertz CT molecular complexity index is 303. The molecule has 0 heterocycles. The lowest BCUT2D eigenvalue weighted by molar-refractivity contribution is 0.553. The first-order valence-corrected chi connectivity index (χ1v) is 4.54. The van der Waals surface area contributed by atoms with Crippen molar-refractivity contribution in [1.29, 1.82) is 10.5 Å². The zero-order chi connectivity index (χ0) is 11.8. The van der Waals surface area contributed by atoms with Crippen molar-refractivity contribution >= 4 is 0 Å². The van der Waals surface area contributed by atoms with Crippen molar-refractivity contribution in [1.82, 2.24) is 9.80 Å². The first-order valence-electron chi connectivity index (χ1n) is 4.54. The largest absolute Gasteiger partial charge is 0.383 e. The van der Waals surface area contributed by atoms with Crippen molar-refractivity contribution in [2.45, 2.75) is 6.42 Å². The van der Waals surface area contributed by atoms with Crippen molar-refractivity contribution in [2.75, 3.05) is 28.2 Å². The van der Waals surface area contributed by atoms with Crippen molar-refractivity contribution in [3.05, 3.63) is 23.5 Å². The number of hydrogen-bond donors (Lipinski definition) is 0. The number of nitriles is 2. The Morgan fingerprint density at radius 1 is 0.933 bits per heavy atom. The summed E-state index contributed by atoms with van der Waals surface area (Å²) in [5, 5.41) is 17.7. The van der Waals surface area contributed by atoms with Gasteiger partial charge in [0.1, 0.15) is 0 Å². The molecule has 0 fully saturated rings. The van der Waals surface area contributed by atoms with E-state index in [1.807, 2.05) is 28.2 Å². The fourth-order valence-corrected chi connectivity index (χ4v) is 1.06. The van der Waals surface area contributed by atoms with Gasteiger partial charge < -0.3 is 9.80 Å². The standard InChI is InChI=1S/C11H16N4/c1-14(2)8-10(6-12)5-11(7-13)9-15(3)4/h8-9H,5H2,1-4H3/b10-8-,11-9-. The van der Waals surface area contributed by atoms with Gasteiger partial charge in [-0.25, -0.2) is 0 Å². The van der Waals surface area contributed by atoms with Crippen LogP contribution in [0.4, 0.5) is 0 Å². The molecule has 0 spiro atoms. The fourth-order valence-electron chi connectivity index (χ4n) is 1.06. The van der Waals surface area contributed by atoms with Crippen LogP contribution >= 0.6 is 0 Å². The van der Waals surface area contributed by atoms with E-state index in [1.165, 1.54) is 0 Å². The smallest absolute Gasteiger partial charge is 0.0966 e. The van der Waals surface area contributed by atoms with Crippen molar-refractivity contribution in [2.24, 2.45) is 0 Å². The van der Waals surface area contributed by atoms with Crippen LogP contribution in [-0.2, 0) is 0 Å². The molecule has 0 aliphatic heterocycles. The van der Waals surface area contributed by atoms with E-state index in [4.69, 9.17) is 10.5 Å². The van der Waals surface area contributed by atoms with Crippen molar-refractivity contribution in [3.8, 4) is 12.1 Å². The first kappa shape index (κ1) is 13.1. The molecular weight excluding hydrogens is 188 g/mol. The summed E-state index contributed by atoms with van der Waals surface area (Å²) in [6.45, 7) is 0. The summed E-state index contributed by atoms with van der Waals surface area (Å²) in [5.41, 5.74) is 1.16. The van der Waals surface area contributed by atoms with Gasteiger partial charge in [0.2, 0.25) is 0 Å². The van der Waals surface area contributed by atoms with E-state index >= 15 is 0 Å². The molecule has 0 N–H and O–H groups in total. The normalized spacial score (nSPS) is 11.6. The van der Waals surface area contributed by atoms with Gasteiger partial charge in [-0.3, -0.25) is 0 Å². The van der Waals surface area contributed by atoms with Gasteiger partial charge >= 0.3 is 0 Å². The van der Waals surface area contributed by atoms with Crippen LogP contribution < -0.4 is 0 Å². The maximum absolute atomic E-state index is 8.86. The zero-order valence-corrected chi connectivity index (χ0v) is 9.65. The Hall–Kier alpha value is -1.94. The molecule has 0 aliphatic carbocycles. The summed E-state index contributed by atoms with van der Waals surface area (Å²) in [4.78, 5) is 3.59. The van der Waals surface area contributed by atoms with Gasteiger partial charge in [0, 0.05) is 47.0 Å². The van der Waals surface area contributed by atoms with Crippen LogP contribution in [-0.4, -0.2) is 38.0 Å². The van der Waals surface area contributed by atoms with Crippen LogP contribution in [0, 0.1) is 22.7 Å². The number of rotatable bonds is 4. The summed E-state index contributed by atoms with van der Waals surface area (Å²) >= 11 is 0. The molecule has 0 atom stereocenters. The minimum absolute atomic E-state index is 0.378. The summed E-state index contributed by atoms with van der Waals surface area (Å²) < 4.78 is 0. The highest BCUT2D eigenvalue weighted by Gasteiger charge is 2.02. The molecule has 4 nitrogen and oxygen atoms in total. The molecule has 0 saturated heterocycles. The molecule has 15 heavy (non-hydrogen) atoms. The van der Waals surface area contributed by atoms with Crippen molar-refractivity contribution in [3.63, 3.8) is 0 Å². The quantitative estimate of drug-likeness (QED) is 0.648. The molecule has 0 unspecified atom stereocenters. The van der Waals surface area contributed by atoms with Gasteiger partial charge in [-0.2, -0.15) is 10.5 Å². The second-order valence-corrected chi connectivity index (χ2v) is 3.64. The third kappa shape index (κ3) is 6.17. The third-order valence-electron chi connectivity index (χ3n) is 1.50. The van der Waals surface area contributed by atoms with Crippen LogP contribution in [0.3, 0.4) is 0 Å². The molecule has 0 aromatic rings. The third-order valence-corrected chi connectivity index (χ3v) is 1.50. The number of allylic oxidation sites excluding steroid dienone is 2. The van der Waals surface area contributed by atoms with E-state index in [0.29, 0.717) is 17.6 Å². The SMILES string of the molecule is CN(C)/C=C(\C#N)C/C(C#N)=C/N(C)C. The van der Waals surface area contributed by atoms with E-state index in [2.05, 4.69) is 12.1 Å². The molecule has 0 bridgehead atoms. The Balaban J connectivity index is 4.70. The van der Waals surface area contributed by atoms with E-state index in [-0.39, 0.29) is 0 Å².